The Morgan fingerprint density at radius 3 is 1.93 bits per heavy atom. The van der Waals surface area contributed by atoms with Crippen LogP contribution in [0.1, 0.15) is 73.5 Å². The Kier molecular flexibility index (Phi) is 6.42. The molecule has 0 aliphatic carbocycles. The zero-order chi connectivity index (χ0) is 21.5. The van der Waals surface area contributed by atoms with Gasteiger partial charge in [0.05, 0.1) is 17.3 Å². The number of hydrogen-bond acceptors (Lipinski definition) is 4. The molecule has 0 saturated carbocycles. The molecule has 1 fully saturated rings. The van der Waals surface area contributed by atoms with Gasteiger partial charge in [-0.15, -0.1) is 0 Å². The second kappa shape index (κ2) is 7.71. The Labute approximate surface area is 172 Å². The Bertz CT molecular complexity index is 688. The molecule has 0 unspecified atom stereocenters. The van der Waals surface area contributed by atoms with E-state index in [1.54, 1.807) is 6.92 Å². The molecule has 1 aliphatic heterocycles. The summed E-state index contributed by atoms with van der Waals surface area (Å²) >= 11 is 0. The van der Waals surface area contributed by atoms with Crippen molar-refractivity contribution < 1.29 is 18.5 Å². The SMILES string of the molecule is CC(=O)C[C@@H](O[Si](C)(C)C(C)(C)C)c1ccc(B2OC(C)(C)C(C)(C)O2)cc1. The lowest BCUT2D eigenvalue weighted by molar-refractivity contribution is -0.118. The van der Waals surface area contributed by atoms with Crippen LogP contribution in [0.15, 0.2) is 24.3 Å². The molecular formula is C22H37BO4Si. The Balaban J connectivity index is 2.24. The standard InChI is InChI=1S/C22H37BO4Si/c1-16(24)15-19(25-28(9,10)20(2,3)4)17-11-13-18(14-12-17)23-26-21(5,6)22(7,8)27-23/h11-14,19H,15H2,1-10H3/t19-/m1/s1. The molecule has 0 N–H and O–H groups in total. The van der Waals surface area contributed by atoms with Gasteiger partial charge in [0.2, 0.25) is 0 Å². The van der Waals surface area contributed by atoms with E-state index in [1.807, 2.05) is 24.3 Å². The van der Waals surface area contributed by atoms with Gasteiger partial charge in [0, 0.05) is 6.42 Å². The summed E-state index contributed by atoms with van der Waals surface area (Å²) in [6.45, 7) is 20.9. The van der Waals surface area contributed by atoms with E-state index in [0.717, 1.165) is 11.0 Å². The van der Waals surface area contributed by atoms with E-state index in [-0.39, 0.29) is 35.2 Å². The Hall–Kier alpha value is -0.948. The highest BCUT2D eigenvalue weighted by atomic mass is 28.4. The Morgan fingerprint density at radius 1 is 1.07 bits per heavy atom. The molecular weight excluding hydrogens is 367 g/mol. The minimum atomic E-state index is -2.00. The van der Waals surface area contributed by atoms with E-state index in [2.05, 4.69) is 61.6 Å². The van der Waals surface area contributed by atoms with E-state index in [4.69, 9.17) is 13.7 Å². The van der Waals surface area contributed by atoms with Crippen LogP contribution in [0.5, 0.6) is 0 Å². The van der Waals surface area contributed by atoms with Crippen molar-refractivity contribution in [2.75, 3.05) is 0 Å². The molecule has 0 aromatic heterocycles. The van der Waals surface area contributed by atoms with Crippen molar-refractivity contribution >= 4 is 26.7 Å². The third kappa shape index (κ3) is 4.96. The number of hydrogen-bond donors (Lipinski definition) is 0. The Morgan fingerprint density at radius 2 is 1.54 bits per heavy atom. The lowest BCUT2D eigenvalue weighted by atomic mass is 9.78. The van der Waals surface area contributed by atoms with E-state index < -0.39 is 8.32 Å². The first-order valence-electron chi connectivity index (χ1n) is 10.2. The van der Waals surface area contributed by atoms with Crippen LogP contribution >= 0.6 is 0 Å². The van der Waals surface area contributed by atoms with Gasteiger partial charge in [-0.2, -0.15) is 0 Å². The maximum absolute atomic E-state index is 11.9. The highest BCUT2D eigenvalue weighted by Gasteiger charge is 2.51. The zero-order valence-corrected chi connectivity index (χ0v) is 20.3. The summed E-state index contributed by atoms with van der Waals surface area (Å²) in [5.41, 5.74) is 1.29. The largest absolute Gasteiger partial charge is 0.494 e. The van der Waals surface area contributed by atoms with Gasteiger partial charge in [0.15, 0.2) is 8.32 Å². The summed E-state index contributed by atoms with van der Waals surface area (Å²) in [4.78, 5) is 11.9. The van der Waals surface area contributed by atoms with Crippen LogP contribution in [-0.4, -0.2) is 32.4 Å². The number of carbonyl (C=O) groups excluding carboxylic acids is 1. The normalized spacial score (nSPS) is 20.3. The summed E-state index contributed by atoms with van der Waals surface area (Å²) in [6.07, 6.45) is 0.174. The second-order valence-electron chi connectivity index (χ2n) is 10.5. The van der Waals surface area contributed by atoms with Crippen LogP contribution in [0.2, 0.25) is 18.1 Å². The number of ketones is 1. The summed E-state index contributed by atoms with van der Waals surface area (Å²) in [5.74, 6) is 0.138. The van der Waals surface area contributed by atoms with Crippen LogP contribution in [0.4, 0.5) is 0 Å². The lowest BCUT2D eigenvalue weighted by Gasteiger charge is -2.39. The molecule has 1 aromatic rings. The first-order valence-corrected chi connectivity index (χ1v) is 13.1. The van der Waals surface area contributed by atoms with E-state index >= 15 is 0 Å². The molecule has 0 radical (unpaired) electrons. The maximum Gasteiger partial charge on any atom is 0.494 e. The molecule has 0 bridgehead atoms. The molecule has 1 saturated heterocycles. The molecule has 2 rings (SSSR count). The van der Waals surface area contributed by atoms with E-state index in [9.17, 15) is 4.79 Å². The van der Waals surface area contributed by atoms with E-state index in [1.165, 1.54) is 0 Å². The van der Waals surface area contributed by atoms with Gasteiger partial charge in [0.1, 0.15) is 5.78 Å². The highest BCUT2D eigenvalue weighted by Crippen LogP contribution is 2.41. The highest BCUT2D eigenvalue weighted by molar-refractivity contribution is 6.74. The van der Waals surface area contributed by atoms with Gasteiger partial charge in [-0.25, -0.2) is 0 Å². The molecule has 28 heavy (non-hydrogen) atoms. The third-order valence-electron chi connectivity index (χ3n) is 6.55. The number of rotatable bonds is 6. The first-order chi connectivity index (χ1) is 12.6. The molecule has 1 atom stereocenters. The smallest absolute Gasteiger partial charge is 0.409 e. The van der Waals surface area contributed by atoms with Gasteiger partial charge in [-0.05, 0) is 63.8 Å². The lowest BCUT2D eigenvalue weighted by Crippen LogP contribution is -2.42. The molecule has 1 aliphatic rings. The van der Waals surface area contributed by atoms with Crippen LogP contribution in [-0.2, 0) is 18.5 Å². The molecule has 4 nitrogen and oxygen atoms in total. The van der Waals surface area contributed by atoms with Crippen LogP contribution in [0.3, 0.4) is 0 Å². The summed E-state index contributed by atoms with van der Waals surface area (Å²) in [7, 11) is -2.38. The van der Waals surface area contributed by atoms with Crippen molar-refractivity contribution in [3.63, 3.8) is 0 Å². The fourth-order valence-corrected chi connectivity index (χ4v) is 4.15. The maximum atomic E-state index is 11.9. The average Bonchev–Trinajstić information content (AvgIpc) is 2.73. The predicted molar refractivity (Wildman–Crippen MR) is 118 cm³/mol. The minimum Gasteiger partial charge on any atom is -0.409 e. The van der Waals surface area contributed by atoms with Gasteiger partial charge < -0.3 is 13.7 Å². The van der Waals surface area contributed by atoms with Gasteiger partial charge in [-0.3, -0.25) is 4.79 Å². The van der Waals surface area contributed by atoms with Crippen molar-refractivity contribution in [2.24, 2.45) is 0 Å². The van der Waals surface area contributed by atoms with Crippen molar-refractivity contribution in [1.29, 1.82) is 0 Å². The van der Waals surface area contributed by atoms with Crippen molar-refractivity contribution in [3.05, 3.63) is 29.8 Å². The predicted octanol–water partition coefficient (Wildman–Crippen LogP) is 5.03. The zero-order valence-electron chi connectivity index (χ0n) is 19.3. The minimum absolute atomic E-state index is 0.0880. The summed E-state index contributed by atoms with van der Waals surface area (Å²) in [6, 6.07) is 8.14. The van der Waals surface area contributed by atoms with Crippen LogP contribution < -0.4 is 5.46 Å². The monoisotopic (exact) mass is 404 g/mol. The topological polar surface area (TPSA) is 44.8 Å². The van der Waals surface area contributed by atoms with Crippen LogP contribution in [0, 0.1) is 0 Å². The van der Waals surface area contributed by atoms with Crippen molar-refractivity contribution in [2.45, 2.75) is 97.2 Å². The number of benzene rings is 1. The van der Waals surface area contributed by atoms with Crippen LogP contribution in [0.25, 0.3) is 0 Å². The first kappa shape index (κ1) is 23.3. The van der Waals surface area contributed by atoms with E-state index in [0.29, 0.717) is 6.42 Å². The second-order valence-corrected chi connectivity index (χ2v) is 15.3. The fourth-order valence-electron chi connectivity index (χ4n) is 2.87. The molecule has 0 spiro atoms. The molecule has 156 valence electrons. The fraction of sp³-hybridized carbons (Fsp3) is 0.682. The van der Waals surface area contributed by atoms with Crippen molar-refractivity contribution in [1.82, 2.24) is 0 Å². The third-order valence-corrected chi connectivity index (χ3v) is 11.0. The number of Topliss-reactive ketones (excluding diaryl/α,β-unsaturated/α-hetero) is 1. The molecule has 1 aromatic carbocycles. The van der Waals surface area contributed by atoms with Gasteiger partial charge in [0.25, 0.3) is 0 Å². The quantitative estimate of drug-likeness (QED) is 0.624. The molecule has 6 heteroatoms. The molecule has 1 heterocycles. The van der Waals surface area contributed by atoms with Crippen molar-refractivity contribution in [3.8, 4) is 0 Å². The number of carbonyl (C=O) groups is 1. The summed E-state index contributed by atoms with van der Waals surface area (Å²) in [5, 5.41) is 0.0880. The molecule has 0 amide bonds. The van der Waals surface area contributed by atoms with Gasteiger partial charge in [-0.1, -0.05) is 45.0 Å². The van der Waals surface area contributed by atoms with Gasteiger partial charge >= 0.3 is 7.12 Å². The summed E-state index contributed by atoms with van der Waals surface area (Å²) < 4.78 is 18.9. The average molecular weight is 404 g/mol.